The first-order valence-electron chi connectivity index (χ1n) is 8.05. The molecule has 1 aliphatic rings. The molecule has 2 heterocycles. The number of hydrogen-bond donors (Lipinski definition) is 2. The molecule has 0 amide bonds. The fraction of sp³-hybridized carbons (Fsp3) is 0.0952. The SMILES string of the molecule is CC1(c2cccc(-c3cccc(C#N)c3)c2)NC(=N)c2ncccc21. The Morgan fingerprint density at radius 1 is 1.04 bits per heavy atom. The van der Waals surface area contributed by atoms with Gasteiger partial charge < -0.3 is 5.32 Å². The van der Waals surface area contributed by atoms with Crippen molar-refractivity contribution in [3.63, 3.8) is 0 Å². The van der Waals surface area contributed by atoms with Crippen molar-refractivity contribution in [1.82, 2.24) is 10.3 Å². The van der Waals surface area contributed by atoms with E-state index in [0.29, 0.717) is 17.1 Å². The number of amidine groups is 1. The molecule has 2 N–H and O–H groups in total. The van der Waals surface area contributed by atoms with Crippen molar-refractivity contribution >= 4 is 5.84 Å². The van der Waals surface area contributed by atoms with Crippen molar-refractivity contribution in [3.8, 4) is 17.2 Å². The van der Waals surface area contributed by atoms with Gasteiger partial charge in [0.1, 0.15) is 11.5 Å². The molecule has 1 unspecified atom stereocenters. The Hall–Kier alpha value is -3.45. The van der Waals surface area contributed by atoms with Crippen LogP contribution in [0.25, 0.3) is 11.1 Å². The van der Waals surface area contributed by atoms with E-state index in [0.717, 1.165) is 22.3 Å². The van der Waals surface area contributed by atoms with E-state index in [2.05, 4.69) is 35.4 Å². The Bertz CT molecular complexity index is 1030. The quantitative estimate of drug-likeness (QED) is 0.753. The summed E-state index contributed by atoms with van der Waals surface area (Å²) in [5.41, 5.74) is 4.95. The predicted octanol–water partition coefficient (Wildman–Crippen LogP) is 3.81. The Morgan fingerprint density at radius 3 is 2.60 bits per heavy atom. The molecule has 0 saturated heterocycles. The first-order valence-corrected chi connectivity index (χ1v) is 8.05. The van der Waals surface area contributed by atoms with Crippen LogP contribution in [0.2, 0.25) is 0 Å². The second-order valence-electron chi connectivity index (χ2n) is 6.30. The number of hydrogen-bond acceptors (Lipinski definition) is 3. The lowest BCUT2D eigenvalue weighted by molar-refractivity contribution is 0.550. The Labute approximate surface area is 146 Å². The summed E-state index contributed by atoms with van der Waals surface area (Å²) in [7, 11) is 0. The molecule has 120 valence electrons. The number of nitrogens with zero attached hydrogens (tertiary/aromatic N) is 2. The number of nitriles is 1. The van der Waals surface area contributed by atoms with Crippen molar-refractivity contribution in [3.05, 3.63) is 89.2 Å². The zero-order valence-corrected chi connectivity index (χ0v) is 13.7. The van der Waals surface area contributed by atoms with Crippen LogP contribution in [-0.4, -0.2) is 10.8 Å². The largest absolute Gasteiger partial charge is 0.355 e. The fourth-order valence-electron chi connectivity index (χ4n) is 3.39. The summed E-state index contributed by atoms with van der Waals surface area (Å²) in [5.74, 6) is 0.343. The van der Waals surface area contributed by atoms with E-state index in [1.54, 1.807) is 12.3 Å². The fourth-order valence-corrected chi connectivity index (χ4v) is 3.39. The third-order valence-electron chi connectivity index (χ3n) is 4.72. The molecular weight excluding hydrogens is 308 g/mol. The van der Waals surface area contributed by atoms with Crippen molar-refractivity contribution < 1.29 is 0 Å². The average Bonchev–Trinajstić information content (AvgIpc) is 2.94. The van der Waals surface area contributed by atoms with Gasteiger partial charge in [-0.2, -0.15) is 5.26 Å². The first-order chi connectivity index (χ1) is 12.1. The highest BCUT2D eigenvalue weighted by Crippen LogP contribution is 2.37. The lowest BCUT2D eigenvalue weighted by Crippen LogP contribution is -2.37. The van der Waals surface area contributed by atoms with Crippen LogP contribution in [0.15, 0.2) is 66.9 Å². The van der Waals surface area contributed by atoms with Gasteiger partial charge >= 0.3 is 0 Å². The molecule has 2 aromatic carbocycles. The lowest BCUT2D eigenvalue weighted by Gasteiger charge is -2.27. The van der Waals surface area contributed by atoms with Gasteiger partial charge in [0, 0.05) is 11.8 Å². The number of benzene rings is 2. The van der Waals surface area contributed by atoms with Gasteiger partial charge in [0.05, 0.1) is 17.2 Å². The molecule has 1 aliphatic heterocycles. The summed E-state index contributed by atoms with van der Waals surface area (Å²) in [6.45, 7) is 2.07. The van der Waals surface area contributed by atoms with Gasteiger partial charge in [-0.1, -0.05) is 36.4 Å². The minimum absolute atomic E-state index is 0.343. The molecule has 4 heteroatoms. The van der Waals surface area contributed by atoms with Crippen molar-refractivity contribution in [1.29, 1.82) is 10.7 Å². The summed E-state index contributed by atoms with van der Waals surface area (Å²) in [5, 5.41) is 20.6. The molecule has 4 nitrogen and oxygen atoms in total. The molecule has 3 aromatic rings. The van der Waals surface area contributed by atoms with Crippen molar-refractivity contribution in [2.24, 2.45) is 0 Å². The van der Waals surface area contributed by atoms with Crippen LogP contribution in [0.4, 0.5) is 0 Å². The van der Waals surface area contributed by atoms with E-state index >= 15 is 0 Å². The zero-order chi connectivity index (χ0) is 17.4. The van der Waals surface area contributed by atoms with Gasteiger partial charge in [-0.25, -0.2) is 0 Å². The third kappa shape index (κ3) is 2.38. The molecule has 0 radical (unpaired) electrons. The Morgan fingerprint density at radius 2 is 1.80 bits per heavy atom. The van der Waals surface area contributed by atoms with Crippen molar-refractivity contribution in [2.45, 2.75) is 12.5 Å². The monoisotopic (exact) mass is 324 g/mol. The second-order valence-corrected chi connectivity index (χ2v) is 6.30. The number of pyridine rings is 1. The maximum atomic E-state index is 9.13. The molecule has 1 aromatic heterocycles. The maximum absolute atomic E-state index is 9.13. The molecule has 1 atom stereocenters. The smallest absolute Gasteiger partial charge is 0.145 e. The second kappa shape index (κ2) is 5.57. The molecule has 25 heavy (non-hydrogen) atoms. The highest BCUT2D eigenvalue weighted by molar-refractivity contribution is 6.00. The van der Waals surface area contributed by atoms with Gasteiger partial charge in [-0.05, 0) is 47.9 Å². The molecule has 0 bridgehead atoms. The highest BCUT2D eigenvalue weighted by atomic mass is 15.1. The summed E-state index contributed by atoms with van der Waals surface area (Å²) in [6, 6.07) is 21.9. The molecule has 0 aliphatic carbocycles. The molecule has 0 fully saturated rings. The summed E-state index contributed by atoms with van der Waals surface area (Å²) >= 11 is 0. The first kappa shape index (κ1) is 15.1. The van der Waals surface area contributed by atoms with Crippen LogP contribution < -0.4 is 5.32 Å². The van der Waals surface area contributed by atoms with Gasteiger partial charge in [0.2, 0.25) is 0 Å². The van der Waals surface area contributed by atoms with Crippen LogP contribution in [0, 0.1) is 16.7 Å². The summed E-state index contributed by atoms with van der Waals surface area (Å²) in [4.78, 5) is 4.34. The van der Waals surface area contributed by atoms with E-state index in [-0.39, 0.29) is 0 Å². The summed E-state index contributed by atoms with van der Waals surface area (Å²) in [6.07, 6.45) is 1.71. The van der Waals surface area contributed by atoms with E-state index in [1.807, 2.05) is 42.5 Å². The van der Waals surface area contributed by atoms with Gasteiger partial charge in [0.25, 0.3) is 0 Å². The van der Waals surface area contributed by atoms with Crippen LogP contribution in [0.3, 0.4) is 0 Å². The van der Waals surface area contributed by atoms with Gasteiger partial charge in [-0.3, -0.25) is 10.4 Å². The minimum Gasteiger partial charge on any atom is -0.355 e. The molecule has 0 spiro atoms. The van der Waals surface area contributed by atoms with Crippen LogP contribution >= 0.6 is 0 Å². The average molecular weight is 324 g/mol. The van der Waals surface area contributed by atoms with Crippen molar-refractivity contribution in [2.75, 3.05) is 0 Å². The molecular formula is C21H16N4. The van der Waals surface area contributed by atoms with Crippen LogP contribution in [0.1, 0.15) is 29.3 Å². The normalized spacial score (nSPS) is 18.3. The standard InChI is InChI=1S/C21H16N4/c1-21(18-9-4-10-24-19(18)20(23)25-21)17-8-3-7-16(12-17)15-6-2-5-14(11-15)13-22/h2-12H,1H3,(H2,23,25). The van der Waals surface area contributed by atoms with Crippen LogP contribution in [0.5, 0.6) is 0 Å². The highest BCUT2D eigenvalue weighted by Gasteiger charge is 2.39. The minimum atomic E-state index is -0.497. The summed E-state index contributed by atoms with van der Waals surface area (Å²) < 4.78 is 0. The third-order valence-corrected chi connectivity index (χ3v) is 4.72. The maximum Gasteiger partial charge on any atom is 0.145 e. The van der Waals surface area contributed by atoms with E-state index in [9.17, 15) is 0 Å². The van der Waals surface area contributed by atoms with Gasteiger partial charge in [0.15, 0.2) is 0 Å². The van der Waals surface area contributed by atoms with Crippen LogP contribution in [-0.2, 0) is 5.54 Å². The molecule has 4 rings (SSSR count). The topological polar surface area (TPSA) is 72.6 Å². The number of fused-ring (bicyclic) bond motifs is 1. The lowest BCUT2D eigenvalue weighted by atomic mass is 9.85. The number of rotatable bonds is 2. The number of aromatic nitrogens is 1. The Kier molecular flexibility index (Phi) is 3.36. The number of nitrogens with one attached hydrogen (secondary N) is 2. The van der Waals surface area contributed by atoms with E-state index in [4.69, 9.17) is 10.7 Å². The van der Waals surface area contributed by atoms with Gasteiger partial charge in [-0.15, -0.1) is 0 Å². The molecule has 0 saturated carbocycles. The Balaban J connectivity index is 1.83. The zero-order valence-electron chi connectivity index (χ0n) is 13.7. The van der Waals surface area contributed by atoms with E-state index < -0.39 is 5.54 Å². The predicted molar refractivity (Wildman–Crippen MR) is 97.2 cm³/mol. The van der Waals surface area contributed by atoms with E-state index in [1.165, 1.54) is 0 Å².